The Kier molecular flexibility index (Phi) is 13.0. The SMILES string of the molecule is C=C(C)c1ccc(-c2ccccc2C)cc1.C\C=C/C(C)=C\C=C\C(CCC)CCC. The smallest absolute Gasteiger partial charge is 0.0155 e. The Hall–Kier alpha value is -2.60. The average molecular weight is 415 g/mol. The van der Waals surface area contributed by atoms with Gasteiger partial charge in [-0.15, -0.1) is 0 Å². The summed E-state index contributed by atoms with van der Waals surface area (Å²) in [6.07, 6.45) is 16.2. The molecule has 0 saturated carbocycles. The maximum absolute atomic E-state index is 3.95. The van der Waals surface area contributed by atoms with Crippen LogP contribution in [0, 0.1) is 12.8 Å². The van der Waals surface area contributed by atoms with Gasteiger partial charge in [0, 0.05) is 0 Å². The van der Waals surface area contributed by atoms with Crippen LogP contribution in [0.15, 0.2) is 91.1 Å². The van der Waals surface area contributed by atoms with Gasteiger partial charge in [-0.3, -0.25) is 0 Å². The Morgan fingerprint density at radius 2 is 1.55 bits per heavy atom. The van der Waals surface area contributed by atoms with Crippen LogP contribution in [0.3, 0.4) is 0 Å². The Morgan fingerprint density at radius 1 is 0.935 bits per heavy atom. The third-order valence-electron chi connectivity index (χ3n) is 5.32. The van der Waals surface area contributed by atoms with Gasteiger partial charge in [-0.05, 0) is 68.7 Å². The Balaban J connectivity index is 0.000000311. The molecule has 0 spiro atoms. The van der Waals surface area contributed by atoms with Gasteiger partial charge in [-0.1, -0.05) is 123 Å². The number of hydrogen-bond donors (Lipinski definition) is 0. The van der Waals surface area contributed by atoms with Gasteiger partial charge in [-0.25, -0.2) is 0 Å². The lowest BCUT2D eigenvalue weighted by Gasteiger charge is -2.08. The summed E-state index contributed by atoms with van der Waals surface area (Å²) in [7, 11) is 0. The molecule has 2 rings (SSSR count). The summed E-state index contributed by atoms with van der Waals surface area (Å²) >= 11 is 0. The van der Waals surface area contributed by atoms with Gasteiger partial charge in [0.1, 0.15) is 0 Å². The second-order valence-electron chi connectivity index (χ2n) is 8.31. The van der Waals surface area contributed by atoms with E-state index in [0.717, 1.165) is 11.5 Å². The first-order chi connectivity index (χ1) is 14.9. The van der Waals surface area contributed by atoms with Crippen LogP contribution in [0.4, 0.5) is 0 Å². The predicted molar refractivity (Wildman–Crippen MR) is 142 cm³/mol. The number of hydrogen-bond acceptors (Lipinski definition) is 0. The maximum atomic E-state index is 3.95. The van der Waals surface area contributed by atoms with Gasteiger partial charge in [0.2, 0.25) is 0 Å². The van der Waals surface area contributed by atoms with Gasteiger partial charge < -0.3 is 0 Å². The molecular weight excluding hydrogens is 372 g/mol. The van der Waals surface area contributed by atoms with Crippen LogP contribution in [0.25, 0.3) is 16.7 Å². The van der Waals surface area contributed by atoms with Gasteiger partial charge in [0.25, 0.3) is 0 Å². The minimum atomic E-state index is 0.773. The van der Waals surface area contributed by atoms with Crippen LogP contribution in [-0.2, 0) is 0 Å². The van der Waals surface area contributed by atoms with Gasteiger partial charge in [-0.2, -0.15) is 0 Å². The highest BCUT2D eigenvalue weighted by Gasteiger charge is 2.01. The van der Waals surface area contributed by atoms with Crippen LogP contribution in [0.2, 0.25) is 0 Å². The lowest BCUT2D eigenvalue weighted by Crippen LogP contribution is -1.94. The molecule has 166 valence electrons. The maximum Gasteiger partial charge on any atom is -0.0155 e. The zero-order chi connectivity index (χ0) is 23.1. The highest BCUT2D eigenvalue weighted by atomic mass is 14.1. The molecule has 0 saturated heterocycles. The summed E-state index contributed by atoms with van der Waals surface area (Å²) in [5.41, 5.74) is 7.51. The fraction of sp³-hybridized carbons (Fsp3) is 0.355. The van der Waals surface area contributed by atoms with Crippen molar-refractivity contribution in [2.75, 3.05) is 0 Å². The van der Waals surface area contributed by atoms with E-state index in [1.165, 1.54) is 53.5 Å². The minimum absolute atomic E-state index is 0.773. The largest absolute Gasteiger partial charge is 0.0955 e. The molecule has 0 aliphatic rings. The molecule has 31 heavy (non-hydrogen) atoms. The van der Waals surface area contributed by atoms with Gasteiger partial charge in [0.05, 0.1) is 0 Å². The number of benzene rings is 2. The second kappa shape index (κ2) is 15.2. The fourth-order valence-electron chi connectivity index (χ4n) is 3.59. The monoisotopic (exact) mass is 414 g/mol. The first-order valence-electron chi connectivity index (χ1n) is 11.7. The molecule has 0 radical (unpaired) electrons. The topological polar surface area (TPSA) is 0 Å². The lowest BCUT2D eigenvalue weighted by atomic mass is 9.98. The van der Waals surface area contributed by atoms with E-state index in [9.17, 15) is 0 Å². The van der Waals surface area contributed by atoms with Crippen LogP contribution in [0.1, 0.15) is 71.4 Å². The second-order valence-corrected chi connectivity index (χ2v) is 8.31. The molecule has 0 bridgehead atoms. The van der Waals surface area contributed by atoms with Crippen molar-refractivity contribution in [2.24, 2.45) is 5.92 Å². The van der Waals surface area contributed by atoms with E-state index in [0.29, 0.717) is 0 Å². The molecular formula is C31H42. The Labute approximate surface area is 192 Å². The minimum Gasteiger partial charge on any atom is -0.0955 e. The number of rotatable bonds is 9. The zero-order valence-electron chi connectivity index (χ0n) is 20.6. The lowest BCUT2D eigenvalue weighted by molar-refractivity contribution is 0.530. The molecule has 0 amide bonds. The molecule has 0 atom stereocenters. The van der Waals surface area contributed by atoms with E-state index < -0.39 is 0 Å². The average Bonchev–Trinajstić information content (AvgIpc) is 2.75. The first kappa shape index (κ1) is 26.4. The zero-order valence-corrected chi connectivity index (χ0v) is 20.6. The Bertz CT molecular complexity index is 853. The molecule has 0 aliphatic carbocycles. The number of allylic oxidation sites excluding steroid dienone is 7. The molecule has 0 heterocycles. The summed E-state index contributed by atoms with van der Waals surface area (Å²) in [6.45, 7) is 16.8. The standard InChI is InChI=1S/C16H16.C15H26/c1-12(2)14-8-10-15(11-9-14)16-7-5-4-6-13(16)3;1-5-9-14(4)12-8-13-15(10-6-2)11-7-3/h4-11H,1H2,2-3H3;5,8-9,12-13,15H,6-7,10-11H2,1-4H3/b;9-5-,13-8+,14-12-. The van der Waals surface area contributed by atoms with Crippen LogP contribution < -0.4 is 0 Å². The van der Waals surface area contributed by atoms with Crippen molar-refractivity contribution >= 4 is 5.57 Å². The quantitative estimate of drug-likeness (QED) is 0.358. The summed E-state index contributed by atoms with van der Waals surface area (Å²) in [5.74, 6) is 0.773. The molecule has 0 fully saturated rings. The first-order valence-corrected chi connectivity index (χ1v) is 11.7. The molecule has 0 N–H and O–H groups in total. The van der Waals surface area contributed by atoms with Crippen molar-refractivity contribution in [3.63, 3.8) is 0 Å². The molecule has 0 nitrogen and oxygen atoms in total. The van der Waals surface area contributed by atoms with Crippen molar-refractivity contribution in [1.29, 1.82) is 0 Å². The van der Waals surface area contributed by atoms with E-state index in [2.05, 4.69) is 120 Å². The van der Waals surface area contributed by atoms with E-state index >= 15 is 0 Å². The molecule has 2 aromatic carbocycles. The molecule has 0 aromatic heterocycles. The van der Waals surface area contributed by atoms with E-state index in [1.807, 2.05) is 6.92 Å². The normalized spacial score (nSPS) is 11.8. The third kappa shape index (κ3) is 10.3. The fourth-order valence-corrected chi connectivity index (χ4v) is 3.59. The molecule has 0 unspecified atom stereocenters. The van der Waals surface area contributed by atoms with Crippen molar-refractivity contribution in [3.05, 3.63) is 102 Å². The Morgan fingerprint density at radius 3 is 2.06 bits per heavy atom. The van der Waals surface area contributed by atoms with E-state index in [1.54, 1.807) is 0 Å². The highest BCUT2D eigenvalue weighted by Crippen LogP contribution is 2.24. The molecule has 0 aliphatic heterocycles. The van der Waals surface area contributed by atoms with Crippen LogP contribution in [0.5, 0.6) is 0 Å². The summed E-state index contributed by atoms with van der Waals surface area (Å²) in [5, 5.41) is 0. The highest BCUT2D eigenvalue weighted by molar-refractivity contribution is 5.70. The van der Waals surface area contributed by atoms with Crippen molar-refractivity contribution in [3.8, 4) is 11.1 Å². The van der Waals surface area contributed by atoms with Gasteiger partial charge in [0.15, 0.2) is 0 Å². The number of aryl methyl sites for hydroxylation is 1. The van der Waals surface area contributed by atoms with Crippen molar-refractivity contribution in [2.45, 2.75) is 67.2 Å². The molecule has 2 aromatic rings. The third-order valence-corrected chi connectivity index (χ3v) is 5.32. The van der Waals surface area contributed by atoms with Crippen LogP contribution >= 0.6 is 0 Å². The van der Waals surface area contributed by atoms with Crippen molar-refractivity contribution < 1.29 is 0 Å². The predicted octanol–water partition coefficient (Wildman–Crippen LogP) is 9.98. The van der Waals surface area contributed by atoms with Crippen LogP contribution in [-0.4, -0.2) is 0 Å². The summed E-state index contributed by atoms with van der Waals surface area (Å²) < 4.78 is 0. The van der Waals surface area contributed by atoms with Crippen molar-refractivity contribution in [1.82, 2.24) is 0 Å². The summed E-state index contributed by atoms with van der Waals surface area (Å²) in [4.78, 5) is 0. The van der Waals surface area contributed by atoms with E-state index in [4.69, 9.17) is 0 Å². The van der Waals surface area contributed by atoms with Gasteiger partial charge >= 0.3 is 0 Å². The summed E-state index contributed by atoms with van der Waals surface area (Å²) in [6, 6.07) is 17.0. The van der Waals surface area contributed by atoms with E-state index in [-0.39, 0.29) is 0 Å². The molecule has 0 heteroatoms.